The van der Waals surface area contributed by atoms with Gasteiger partial charge in [0, 0.05) is 11.4 Å². The third kappa shape index (κ3) is 12.4. The molecule has 0 bridgehead atoms. The number of aliphatic imine (C=N–C) groups is 1. The molecule has 1 heteroatoms. The van der Waals surface area contributed by atoms with Crippen molar-refractivity contribution in [2.75, 3.05) is 0 Å². The van der Waals surface area contributed by atoms with Crippen molar-refractivity contribution in [1.82, 2.24) is 0 Å². The molecule has 0 aromatic carbocycles. The van der Waals surface area contributed by atoms with Gasteiger partial charge in [0.2, 0.25) is 0 Å². The molecular formula is C10H19N. The van der Waals surface area contributed by atoms with Crippen molar-refractivity contribution in [1.29, 1.82) is 0 Å². The first-order valence-electron chi connectivity index (χ1n) is 3.98. The Kier molecular flexibility index (Phi) is 10.6. The van der Waals surface area contributed by atoms with Gasteiger partial charge in [-0.05, 0) is 26.8 Å². The summed E-state index contributed by atoms with van der Waals surface area (Å²) >= 11 is 0. The number of rotatable bonds is 2. The van der Waals surface area contributed by atoms with Gasteiger partial charge in [-0.1, -0.05) is 26.5 Å². The average Bonchev–Trinajstić information content (AvgIpc) is 1.91. The molecule has 0 saturated heterocycles. The highest BCUT2D eigenvalue weighted by Crippen LogP contribution is 1.94. The van der Waals surface area contributed by atoms with Crippen LogP contribution in [0.1, 0.15) is 34.6 Å². The second-order valence-electron chi connectivity index (χ2n) is 2.10. The van der Waals surface area contributed by atoms with Crippen molar-refractivity contribution in [2.45, 2.75) is 34.6 Å². The van der Waals surface area contributed by atoms with Gasteiger partial charge in [0.25, 0.3) is 0 Å². The first-order chi connectivity index (χ1) is 5.16. The van der Waals surface area contributed by atoms with Crippen molar-refractivity contribution in [3.05, 3.63) is 24.4 Å². The van der Waals surface area contributed by atoms with Crippen LogP contribution >= 0.6 is 0 Å². The van der Waals surface area contributed by atoms with Crippen molar-refractivity contribution in [3.63, 3.8) is 0 Å². The Morgan fingerprint density at radius 3 is 1.91 bits per heavy atom. The maximum absolute atomic E-state index is 4.17. The molecule has 0 N–H and O–H groups in total. The van der Waals surface area contributed by atoms with Crippen LogP contribution in [-0.4, -0.2) is 5.71 Å². The minimum absolute atomic E-state index is 1.00. The Labute approximate surface area is 70.5 Å². The van der Waals surface area contributed by atoms with Crippen LogP contribution in [0.5, 0.6) is 0 Å². The SMILES string of the molecule is C=C/C=C(\C)N=C(C)C.CC. The topological polar surface area (TPSA) is 12.4 Å². The lowest BCUT2D eigenvalue weighted by Crippen LogP contribution is -1.79. The maximum atomic E-state index is 4.17. The molecular weight excluding hydrogens is 134 g/mol. The standard InChI is InChI=1S/C8H13N.C2H6/c1-5-6-8(4)9-7(2)3;1-2/h5-6H,1H2,2-4H3;1-2H3/b8-6+;. The highest BCUT2D eigenvalue weighted by molar-refractivity contribution is 5.80. The van der Waals surface area contributed by atoms with Crippen LogP contribution in [0.3, 0.4) is 0 Å². The molecule has 0 aliphatic heterocycles. The molecule has 0 amide bonds. The Morgan fingerprint density at radius 2 is 1.64 bits per heavy atom. The van der Waals surface area contributed by atoms with Crippen molar-refractivity contribution >= 4 is 5.71 Å². The van der Waals surface area contributed by atoms with Crippen molar-refractivity contribution < 1.29 is 0 Å². The van der Waals surface area contributed by atoms with E-state index in [1.54, 1.807) is 6.08 Å². The molecule has 0 heterocycles. The van der Waals surface area contributed by atoms with E-state index in [0.717, 1.165) is 11.4 Å². The molecule has 11 heavy (non-hydrogen) atoms. The Balaban J connectivity index is 0. The van der Waals surface area contributed by atoms with Crippen LogP contribution in [-0.2, 0) is 0 Å². The Morgan fingerprint density at radius 1 is 1.18 bits per heavy atom. The van der Waals surface area contributed by atoms with Gasteiger partial charge in [0.05, 0.1) is 0 Å². The van der Waals surface area contributed by atoms with E-state index in [-0.39, 0.29) is 0 Å². The van der Waals surface area contributed by atoms with Gasteiger partial charge in [-0.2, -0.15) is 0 Å². The smallest absolute Gasteiger partial charge is 0.0371 e. The molecule has 0 aliphatic rings. The second-order valence-corrected chi connectivity index (χ2v) is 2.10. The largest absolute Gasteiger partial charge is 0.263 e. The van der Waals surface area contributed by atoms with E-state index in [9.17, 15) is 0 Å². The van der Waals surface area contributed by atoms with E-state index < -0.39 is 0 Å². The predicted octanol–water partition coefficient (Wildman–Crippen LogP) is 3.58. The first kappa shape index (κ1) is 12.8. The molecule has 0 aromatic heterocycles. The van der Waals surface area contributed by atoms with E-state index in [1.807, 2.05) is 40.7 Å². The summed E-state index contributed by atoms with van der Waals surface area (Å²) < 4.78 is 0. The molecule has 0 fully saturated rings. The van der Waals surface area contributed by atoms with Gasteiger partial charge in [-0.3, -0.25) is 4.99 Å². The third-order valence-corrected chi connectivity index (χ3v) is 0.759. The zero-order chi connectivity index (χ0) is 9.28. The minimum atomic E-state index is 1.00. The molecule has 0 radical (unpaired) electrons. The van der Waals surface area contributed by atoms with Crippen molar-refractivity contribution in [3.8, 4) is 0 Å². The number of nitrogens with zero attached hydrogens (tertiary/aromatic N) is 1. The Bertz CT molecular complexity index is 148. The second kappa shape index (κ2) is 9.15. The lowest BCUT2D eigenvalue weighted by Gasteiger charge is -1.89. The molecule has 1 nitrogen and oxygen atoms in total. The van der Waals surface area contributed by atoms with Gasteiger partial charge >= 0.3 is 0 Å². The summed E-state index contributed by atoms with van der Waals surface area (Å²) in [4.78, 5) is 4.17. The van der Waals surface area contributed by atoms with Crippen LogP contribution in [0.2, 0.25) is 0 Å². The monoisotopic (exact) mass is 153 g/mol. The summed E-state index contributed by atoms with van der Waals surface area (Å²) in [6.45, 7) is 13.5. The number of allylic oxidation sites excluding steroid dienone is 3. The van der Waals surface area contributed by atoms with Gasteiger partial charge in [0.15, 0.2) is 0 Å². The summed E-state index contributed by atoms with van der Waals surface area (Å²) in [5, 5.41) is 0. The van der Waals surface area contributed by atoms with E-state index >= 15 is 0 Å². The lowest BCUT2D eigenvalue weighted by molar-refractivity contribution is 1.29. The van der Waals surface area contributed by atoms with E-state index in [4.69, 9.17) is 0 Å². The molecule has 0 atom stereocenters. The molecule has 0 aromatic rings. The van der Waals surface area contributed by atoms with Gasteiger partial charge in [0.1, 0.15) is 0 Å². The van der Waals surface area contributed by atoms with Crippen molar-refractivity contribution in [2.24, 2.45) is 4.99 Å². The summed E-state index contributed by atoms with van der Waals surface area (Å²) in [5.41, 5.74) is 2.08. The fourth-order valence-electron chi connectivity index (χ4n) is 0.561. The van der Waals surface area contributed by atoms with E-state index in [1.165, 1.54) is 0 Å². The van der Waals surface area contributed by atoms with Crippen LogP contribution < -0.4 is 0 Å². The normalized spacial score (nSPS) is 9.36. The zero-order valence-corrected chi connectivity index (χ0v) is 8.31. The Hall–Kier alpha value is -0.850. The third-order valence-electron chi connectivity index (χ3n) is 0.759. The molecule has 0 saturated carbocycles. The predicted molar refractivity (Wildman–Crippen MR) is 54.1 cm³/mol. The minimum Gasteiger partial charge on any atom is -0.263 e. The maximum Gasteiger partial charge on any atom is 0.0371 e. The highest BCUT2D eigenvalue weighted by Gasteiger charge is 1.79. The summed E-state index contributed by atoms with van der Waals surface area (Å²) in [5.74, 6) is 0. The van der Waals surface area contributed by atoms with Crippen LogP contribution in [0.25, 0.3) is 0 Å². The van der Waals surface area contributed by atoms with Gasteiger partial charge < -0.3 is 0 Å². The van der Waals surface area contributed by atoms with Crippen LogP contribution in [0.15, 0.2) is 29.4 Å². The number of hydrogen-bond acceptors (Lipinski definition) is 1. The summed E-state index contributed by atoms with van der Waals surface area (Å²) in [6, 6.07) is 0. The fourth-order valence-corrected chi connectivity index (χ4v) is 0.561. The molecule has 0 spiro atoms. The molecule has 0 unspecified atom stereocenters. The van der Waals surface area contributed by atoms with E-state index in [0.29, 0.717) is 0 Å². The van der Waals surface area contributed by atoms with Crippen LogP contribution in [0.4, 0.5) is 0 Å². The molecule has 0 aliphatic carbocycles. The van der Waals surface area contributed by atoms with Gasteiger partial charge in [-0.15, -0.1) is 0 Å². The summed E-state index contributed by atoms with van der Waals surface area (Å²) in [7, 11) is 0. The zero-order valence-electron chi connectivity index (χ0n) is 8.31. The highest BCUT2D eigenvalue weighted by atomic mass is 14.7. The average molecular weight is 153 g/mol. The first-order valence-corrected chi connectivity index (χ1v) is 3.98. The van der Waals surface area contributed by atoms with Gasteiger partial charge in [-0.25, -0.2) is 0 Å². The summed E-state index contributed by atoms with van der Waals surface area (Å²) in [6.07, 6.45) is 3.62. The lowest BCUT2D eigenvalue weighted by atomic mass is 10.4. The van der Waals surface area contributed by atoms with E-state index in [2.05, 4.69) is 11.6 Å². The quantitative estimate of drug-likeness (QED) is 0.424. The van der Waals surface area contributed by atoms with Crippen LogP contribution in [0, 0.1) is 0 Å². The fraction of sp³-hybridized carbons (Fsp3) is 0.500. The molecule has 0 rings (SSSR count). The number of hydrogen-bond donors (Lipinski definition) is 0. The molecule has 64 valence electrons.